The largest absolute Gasteiger partial charge is 0.497 e. The van der Waals surface area contributed by atoms with E-state index in [2.05, 4.69) is 245 Å². The molecule has 0 spiro atoms. The smallest absolute Gasteiger partial charge is 0.416 e. The fraction of sp³-hybridized carbons (Fsp3) is 0.122. The van der Waals surface area contributed by atoms with Crippen LogP contribution in [0.4, 0.5) is 18.9 Å². The number of rotatable bonds is 8. The van der Waals surface area contributed by atoms with Gasteiger partial charge >= 0.3 is 6.18 Å². The van der Waals surface area contributed by atoms with E-state index in [1.165, 1.54) is 88.5 Å². The minimum Gasteiger partial charge on any atom is -0.497 e. The van der Waals surface area contributed by atoms with Gasteiger partial charge in [0.1, 0.15) is 39.3 Å². The molecule has 0 saturated heterocycles. The fourth-order valence-electron chi connectivity index (χ4n) is 15.3. The zero-order chi connectivity index (χ0) is 77.6. The molecule has 0 aliphatic carbocycles. The summed E-state index contributed by atoms with van der Waals surface area (Å²) in [7, 11) is 13.8. The number of methoxy groups -OCH3 is 1. The second kappa shape index (κ2) is 30.1. The minimum atomic E-state index is -4.35. The Morgan fingerprint density at radius 1 is 0.304 bits per heavy atom. The number of anilines is 1. The summed E-state index contributed by atoms with van der Waals surface area (Å²) in [5.74, 6) is 2.52. The molecule has 0 amide bonds. The Kier molecular flexibility index (Phi) is 19.5. The van der Waals surface area contributed by atoms with E-state index in [1.807, 2.05) is 122 Å². The highest BCUT2D eigenvalue weighted by Gasteiger charge is 2.31. The highest BCUT2D eigenvalue weighted by Crippen LogP contribution is 2.41. The highest BCUT2D eigenvalue weighted by molar-refractivity contribution is 6.04. The van der Waals surface area contributed by atoms with Gasteiger partial charge in [0.2, 0.25) is 22.8 Å². The second-order valence-electron chi connectivity index (χ2n) is 28.9. The van der Waals surface area contributed by atoms with Crippen LogP contribution in [0, 0.1) is 27.7 Å². The maximum absolute atomic E-state index is 13.0. The van der Waals surface area contributed by atoms with Gasteiger partial charge in [-0.2, -0.15) is 13.2 Å². The van der Waals surface area contributed by atoms with Crippen LogP contribution in [0.2, 0.25) is 0 Å². The summed E-state index contributed by atoms with van der Waals surface area (Å²) >= 11 is 0. The number of hydrogen-bond donors (Lipinski definition) is 0. The summed E-state index contributed by atoms with van der Waals surface area (Å²) in [6.07, 6.45) is -4.35. The number of aryl methyl sites for hydroxylation is 8. The molecular weight excluding hydrogens is 1390 g/mol. The van der Waals surface area contributed by atoms with Gasteiger partial charge in [0.25, 0.3) is 0 Å². The van der Waals surface area contributed by atoms with E-state index in [0.717, 1.165) is 117 Å². The summed E-state index contributed by atoms with van der Waals surface area (Å²) in [6, 6.07) is 100. The molecular formula is C98H82F3N9O2+4. The molecule has 0 aliphatic heterocycles. The van der Waals surface area contributed by atoms with E-state index in [1.54, 1.807) is 17.9 Å². The summed E-state index contributed by atoms with van der Waals surface area (Å²) < 4.78 is 58.3. The molecule has 19 aromatic rings. The molecule has 4 heterocycles. The fourth-order valence-corrected chi connectivity index (χ4v) is 15.3. The molecule has 0 bridgehead atoms. The van der Waals surface area contributed by atoms with Crippen molar-refractivity contribution in [2.24, 2.45) is 28.2 Å². The maximum Gasteiger partial charge on any atom is 0.416 e. The van der Waals surface area contributed by atoms with Crippen LogP contribution >= 0.6 is 0 Å². The Bertz CT molecular complexity index is 6930. The van der Waals surface area contributed by atoms with Gasteiger partial charge in [-0.05, 0) is 207 Å². The minimum absolute atomic E-state index is 0.531. The first-order valence-corrected chi connectivity index (χ1v) is 37.3. The summed E-state index contributed by atoms with van der Waals surface area (Å²) in [5.41, 5.74) is 17.8. The Hall–Kier alpha value is -13.6. The van der Waals surface area contributed by atoms with Crippen LogP contribution in [-0.4, -0.2) is 41.6 Å². The topological polar surface area (TPSA) is 88.8 Å². The van der Waals surface area contributed by atoms with Gasteiger partial charge in [-0.25, -0.2) is 0 Å². The van der Waals surface area contributed by atoms with Crippen molar-refractivity contribution in [3.05, 3.63) is 325 Å². The molecule has 15 aromatic carbocycles. The predicted octanol–water partition coefficient (Wildman–Crippen LogP) is 21.9. The average molecular weight is 1470 g/mol. The Balaban J connectivity index is 0.000000114. The third-order valence-electron chi connectivity index (χ3n) is 21.3. The van der Waals surface area contributed by atoms with Gasteiger partial charge in [0, 0.05) is 96.8 Å². The Morgan fingerprint density at radius 3 is 1.14 bits per heavy atom. The normalized spacial score (nSPS) is 11.5. The van der Waals surface area contributed by atoms with Gasteiger partial charge in [-0.15, -0.1) is 0 Å². The molecule has 14 heteroatoms. The van der Waals surface area contributed by atoms with E-state index in [9.17, 15) is 13.2 Å². The summed E-state index contributed by atoms with van der Waals surface area (Å²) in [4.78, 5) is 2.19. The van der Waals surface area contributed by atoms with Gasteiger partial charge in [-0.1, -0.05) is 189 Å². The first-order chi connectivity index (χ1) is 54.2. The van der Waals surface area contributed by atoms with Crippen LogP contribution in [0.3, 0.4) is 0 Å². The number of hydrogen-bond acceptors (Lipinski definition) is 7. The van der Waals surface area contributed by atoms with E-state index >= 15 is 0 Å². The van der Waals surface area contributed by atoms with Crippen molar-refractivity contribution >= 4 is 114 Å². The molecule has 4 aromatic heterocycles. The third-order valence-corrected chi connectivity index (χ3v) is 21.3. The standard InChI is InChI=1S/C30H23N2O.C26H24N3.C21H16F3N2.C21H19N2O/c1-20-25-14-8-9-15-26(25)30(33-24-12-4-3-5-13-24)19-27(20)29-18-23-16-21-10-6-7-11-22(21)17-28(23)31-32(29)2;1-17-21-11-7-8-12-22(21)25(28(2)3)16-23(17)26-15-20-13-18-9-5-6-10-19(18)14-24(20)27-29(26)4;1-13-5-3-4-6-18(13)20-12-16-9-14-7-8-17(21(22,23)24)10-15(14)11-19(16)25-26(20)2;1-14-8-9-18(24-3)13-19(14)21-12-17-10-15-6-4-5-7-16(15)11-20(17)22-23(21)2/h3-19H,1-2H3;5-16H,1-4H3;3-12H,1-2H3;4-13H,1-3H3/q4*+1. The number of nitrogens with zero attached hydrogens (tertiary/aromatic N) is 9. The SMILES string of the molecule is COc1ccc(C)c(-c2cc3cc4ccccc4cc3n[n+]2C)c1.Cc1c(-c2cc3cc4ccccc4cc3n[n+]2C)cc(N(C)C)c2ccccc12.Cc1c(-c2cc3cc4ccccc4cc3n[n+]2C)cc(Oc2ccccc2)c2ccccc12.Cc1ccccc1-c1cc2cc3ccc(C(F)(F)F)cc3cc2n[n+]1C. The molecule has 112 heavy (non-hydrogen) atoms. The van der Waals surface area contributed by atoms with Crippen molar-refractivity contribution in [2.45, 2.75) is 33.9 Å². The van der Waals surface area contributed by atoms with Crippen LogP contribution in [0.25, 0.3) is 153 Å². The lowest BCUT2D eigenvalue weighted by Gasteiger charge is -2.19. The van der Waals surface area contributed by atoms with E-state index < -0.39 is 11.7 Å². The highest BCUT2D eigenvalue weighted by atomic mass is 19.4. The van der Waals surface area contributed by atoms with Crippen LogP contribution in [0.5, 0.6) is 17.2 Å². The molecule has 11 nitrogen and oxygen atoms in total. The number of ether oxygens (including phenoxy) is 2. The summed E-state index contributed by atoms with van der Waals surface area (Å²) in [6.45, 7) is 8.54. The number of fused-ring (bicyclic) bond motifs is 10. The zero-order valence-electron chi connectivity index (χ0n) is 64.3. The van der Waals surface area contributed by atoms with Crippen molar-refractivity contribution in [2.75, 3.05) is 26.1 Å². The van der Waals surface area contributed by atoms with Gasteiger partial charge in [-0.3, -0.25) is 0 Å². The maximum atomic E-state index is 13.0. The monoisotopic (exact) mass is 1470 g/mol. The van der Waals surface area contributed by atoms with Crippen molar-refractivity contribution in [1.82, 2.24) is 20.4 Å². The second-order valence-corrected chi connectivity index (χ2v) is 28.9. The molecule has 0 fully saturated rings. The Morgan fingerprint density at radius 2 is 0.679 bits per heavy atom. The molecule has 0 N–H and O–H groups in total. The van der Waals surface area contributed by atoms with Crippen LogP contribution < -0.4 is 33.1 Å². The molecule has 548 valence electrons. The lowest BCUT2D eigenvalue weighted by molar-refractivity contribution is -0.718. The van der Waals surface area contributed by atoms with E-state index in [-0.39, 0.29) is 0 Å². The first-order valence-electron chi connectivity index (χ1n) is 37.3. The van der Waals surface area contributed by atoms with Gasteiger partial charge < -0.3 is 14.4 Å². The first kappa shape index (κ1) is 72.6. The quantitative estimate of drug-likeness (QED) is 0.111. The molecule has 0 aliphatic rings. The van der Waals surface area contributed by atoms with Crippen LogP contribution in [0.15, 0.2) is 297 Å². The lowest BCUT2D eigenvalue weighted by Crippen LogP contribution is -2.35. The molecule has 0 radical (unpaired) electrons. The molecule has 0 atom stereocenters. The Labute approximate surface area is 647 Å². The van der Waals surface area contributed by atoms with E-state index in [4.69, 9.17) is 24.8 Å². The predicted molar refractivity (Wildman–Crippen MR) is 450 cm³/mol. The molecule has 19 rings (SSSR count). The number of halogens is 3. The molecule has 0 saturated carbocycles. The number of alkyl halides is 3. The average Bonchev–Trinajstić information content (AvgIpc) is 0.760. The zero-order valence-corrected chi connectivity index (χ0v) is 64.3. The van der Waals surface area contributed by atoms with Crippen molar-refractivity contribution in [1.29, 1.82) is 0 Å². The van der Waals surface area contributed by atoms with Gasteiger partial charge in [0.05, 0.1) is 34.9 Å². The van der Waals surface area contributed by atoms with Crippen molar-refractivity contribution < 1.29 is 41.4 Å². The number of benzene rings is 15. The lowest BCUT2D eigenvalue weighted by atomic mass is 9.95. The molecule has 0 unspecified atom stereocenters. The van der Waals surface area contributed by atoms with Crippen LogP contribution in [0.1, 0.15) is 27.8 Å². The number of para-hydroxylation sites is 1. The van der Waals surface area contributed by atoms with E-state index in [0.29, 0.717) is 10.9 Å². The van der Waals surface area contributed by atoms with Crippen molar-refractivity contribution in [3.8, 4) is 62.3 Å². The van der Waals surface area contributed by atoms with Crippen LogP contribution in [-0.2, 0) is 34.4 Å². The van der Waals surface area contributed by atoms with Crippen molar-refractivity contribution in [3.63, 3.8) is 0 Å². The third kappa shape index (κ3) is 14.5. The number of aromatic nitrogens is 8. The summed E-state index contributed by atoms with van der Waals surface area (Å²) in [5, 5.41) is 36.9. The van der Waals surface area contributed by atoms with Gasteiger partial charge in [0.15, 0.2) is 28.2 Å².